The highest BCUT2D eigenvalue weighted by atomic mass is 35.5. The summed E-state index contributed by atoms with van der Waals surface area (Å²) in [6, 6.07) is 0. The predicted molar refractivity (Wildman–Crippen MR) is 56.8 cm³/mol. The van der Waals surface area contributed by atoms with Crippen molar-refractivity contribution in [3.05, 3.63) is 32.5 Å². The zero-order chi connectivity index (χ0) is 13.9. The van der Waals surface area contributed by atoms with Gasteiger partial charge in [0.1, 0.15) is 0 Å². The molecule has 1 heterocycles. The molecule has 0 atom stereocenters. The normalized spacial score (nSPS) is 10.5. The second-order valence-electron chi connectivity index (χ2n) is 3.00. The number of alkyl halides is 2. The molecule has 0 bridgehead atoms. The van der Waals surface area contributed by atoms with Gasteiger partial charge in [0.2, 0.25) is 0 Å². The molecule has 0 radical (unpaired) electrons. The fourth-order valence-electron chi connectivity index (χ4n) is 1.25. The average molecular weight is 281 g/mol. The Labute approximate surface area is 105 Å². The van der Waals surface area contributed by atoms with E-state index in [-0.39, 0.29) is 6.61 Å². The zero-order valence-electron chi connectivity index (χ0n) is 9.02. The number of ether oxygens (including phenoxy) is 1. The Morgan fingerprint density at radius 3 is 2.72 bits per heavy atom. The van der Waals surface area contributed by atoms with Crippen LogP contribution in [0.5, 0.6) is 0 Å². The van der Waals surface area contributed by atoms with E-state index in [0.29, 0.717) is 6.20 Å². The lowest BCUT2D eigenvalue weighted by Crippen LogP contribution is -2.13. The summed E-state index contributed by atoms with van der Waals surface area (Å²) < 4.78 is 30.1. The number of esters is 1. The summed E-state index contributed by atoms with van der Waals surface area (Å²) in [4.78, 5) is 24.4. The van der Waals surface area contributed by atoms with Gasteiger partial charge in [0.05, 0.1) is 17.2 Å². The van der Waals surface area contributed by atoms with Crippen LogP contribution < -0.4 is 0 Å². The molecule has 1 aromatic rings. The van der Waals surface area contributed by atoms with Crippen molar-refractivity contribution in [2.75, 3.05) is 6.61 Å². The van der Waals surface area contributed by atoms with Crippen LogP contribution in [0, 0.1) is 10.1 Å². The van der Waals surface area contributed by atoms with E-state index >= 15 is 0 Å². The van der Waals surface area contributed by atoms with E-state index in [1.807, 2.05) is 0 Å². The van der Waals surface area contributed by atoms with Gasteiger partial charge in [0.15, 0.2) is 11.8 Å². The number of nitro groups is 1. The van der Waals surface area contributed by atoms with Crippen molar-refractivity contribution in [1.82, 2.24) is 4.98 Å². The molecule has 0 amide bonds. The first kappa shape index (κ1) is 14.2. The number of rotatable bonds is 4. The van der Waals surface area contributed by atoms with Gasteiger partial charge in [-0.3, -0.25) is 0 Å². The van der Waals surface area contributed by atoms with Crippen LogP contribution in [-0.2, 0) is 4.74 Å². The highest BCUT2D eigenvalue weighted by Gasteiger charge is 2.33. The number of hydrogen-bond donors (Lipinski definition) is 0. The topological polar surface area (TPSA) is 82.3 Å². The molecule has 98 valence electrons. The highest BCUT2D eigenvalue weighted by molar-refractivity contribution is 6.31. The van der Waals surface area contributed by atoms with Crippen LogP contribution in [0.15, 0.2) is 6.20 Å². The third-order valence-corrected chi connectivity index (χ3v) is 2.22. The number of nitrogens with zero attached hydrogens (tertiary/aromatic N) is 2. The Kier molecular flexibility index (Phi) is 4.49. The van der Waals surface area contributed by atoms with Gasteiger partial charge in [0, 0.05) is 0 Å². The van der Waals surface area contributed by atoms with Gasteiger partial charge in [-0.05, 0) is 16.8 Å². The molecule has 18 heavy (non-hydrogen) atoms. The van der Waals surface area contributed by atoms with Crippen LogP contribution >= 0.6 is 11.6 Å². The molecule has 0 spiro atoms. The Balaban J connectivity index is 3.53. The van der Waals surface area contributed by atoms with Gasteiger partial charge < -0.3 is 14.9 Å². The number of carbonyl (C=O) groups is 1. The Hall–Kier alpha value is -1.83. The van der Waals surface area contributed by atoms with Crippen molar-refractivity contribution in [2.24, 2.45) is 0 Å². The average Bonchev–Trinajstić information content (AvgIpc) is 2.27. The quantitative estimate of drug-likeness (QED) is 0.481. The van der Waals surface area contributed by atoms with Crippen molar-refractivity contribution in [3.63, 3.8) is 0 Å². The van der Waals surface area contributed by atoms with Crippen LogP contribution in [0.4, 0.5) is 14.6 Å². The van der Waals surface area contributed by atoms with E-state index < -0.39 is 39.3 Å². The van der Waals surface area contributed by atoms with E-state index in [1.165, 1.54) is 6.92 Å². The van der Waals surface area contributed by atoms with Crippen LogP contribution in [0.25, 0.3) is 0 Å². The summed E-state index contributed by atoms with van der Waals surface area (Å²) in [5.41, 5.74) is -1.86. The van der Waals surface area contributed by atoms with E-state index in [4.69, 9.17) is 11.6 Å². The summed E-state index contributed by atoms with van der Waals surface area (Å²) >= 11 is 5.47. The van der Waals surface area contributed by atoms with Crippen LogP contribution in [0.3, 0.4) is 0 Å². The molecule has 0 fully saturated rings. The van der Waals surface area contributed by atoms with Gasteiger partial charge in [-0.2, -0.15) is 0 Å². The first-order valence-electron chi connectivity index (χ1n) is 4.68. The third-order valence-electron chi connectivity index (χ3n) is 1.92. The lowest BCUT2D eigenvalue weighted by molar-refractivity contribution is -0.390. The lowest BCUT2D eigenvalue weighted by Gasteiger charge is -2.09. The molecule has 9 heteroatoms. The SMILES string of the molecule is CCOC(=O)c1c([N+](=O)[O-])ncc(Cl)c1C(F)F. The Bertz CT molecular complexity index is 496. The monoisotopic (exact) mass is 280 g/mol. The van der Waals surface area contributed by atoms with Gasteiger partial charge in [0.25, 0.3) is 6.43 Å². The van der Waals surface area contributed by atoms with Gasteiger partial charge >= 0.3 is 11.8 Å². The maximum atomic E-state index is 12.8. The lowest BCUT2D eigenvalue weighted by atomic mass is 10.1. The number of aromatic nitrogens is 1. The number of pyridine rings is 1. The van der Waals surface area contributed by atoms with Crippen molar-refractivity contribution in [1.29, 1.82) is 0 Å². The molecule has 1 rings (SSSR count). The molecular weight excluding hydrogens is 274 g/mol. The minimum Gasteiger partial charge on any atom is -0.462 e. The maximum Gasteiger partial charge on any atom is 0.378 e. The Morgan fingerprint density at radius 2 is 2.28 bits per heavy atom. The van der Waals surface area contributed by atoms with Crippen LogP contribution in [-0.4, -0.2) is 22.5 Å². The number of halogens is 3. The summed E-state index contributed by atoms with van der Waals surface area (Å²) in [5, 5.41) is 10.1. The summed E-state index contributed by atoms with van der Waals surface area (Å²) in [5.74, 6) is -2.26. The number of hydrogen-bond acceptors (Lipinski definition) is 5. The summed E-state index contributed by atoms with van der Waals surface area (Å²) in [6.07, 6.45) is -2.46. The number of carbonyl (C=O) groups excluding carboxylic acids is 1. The maximum absolute atomic E-state index is 12.8. The molecule has 0 aliphatic heterocycles. The largest absolute Gasteiger partial charge is 0.462 e. The van der Waals surface area contributed by atoms with Crippen molar-refractivity contribution in [2.45, 2.75) is 13.3 Å². The van der Waals surface area contributed by atoms with Gasteiger partial charge in [-0.25, -0.2) is 13.6 Å². The van der Waals surface area contributed by atoms with Gasteiger partial charge in [-0.15, -0.1) is 0 Å². The van der Waals surface area contributed by atoms with E-state index in [0.717, 1.165) is 0 Å². The molecular formula is C9H7ClF2N2O4. The second-order valence-corrected chi connectivity index (χ2v) is 3.40. The molecule has 6 nitrogen and oxygen atoms in total. The zero-order valence-corrected chi connectivity index (χ0v) is 9.78. The molecule has 0 N–H and O–H groups in total. The minimum absolute atomic E-state index is 0.120. The molecule has 0 aliphatic carbocycles. The van der Waals surface area contributed by atoms with E-state index in [9.17, 15) is 23.7 Å². The standard InChI is InChI=1S/C9H7ClF2N2O4/c1-2-18-9(15)6-5(7(11)12)4(10)3-13-8(6)14(16)17/h3,7H,2H2,1H3. The van der Waals surface area contributed by atoms with Gasteiger partial charge in [-0.1, -0.05) is 11.6 Å². The molecule has 0 saturated carbocycles. The second kappa shape index (κ2) is 5.67. The van der Waals surface area contributed by atoms with Crippen molar-refractivity contribution in [3.8, 4) is 0 Å². The molecule has 0 unspecified atom stereocenters. The first-order valence-corrected chi connectivity index (χ1v) is 5.06. The van der Waals surface area contributed by atoms with E-state index in [1.54, 1.807) is 0 Å². The summed E-state index contributed by atoms with van der Waals surface area (Å²) in [6.45, 7) is 1.31. The Morgan fingerprint density at radius 1 is 1.67 bits per heavy atom. The third kappa shape index (κ3) is 2.70. The molecule has 0 aromatic carbocycles. The van der Waals surface area contributed by atoms with E-state index in [2.05, 4.69) is 9.72 Å². The minimum atomic E-state index is -3.15. The van der Waals surface area contributed by atoms with Crippen molar-refractivity contribution < 1.29 is 23.2 Å². The smallest absolute Gasteiger partial charge is 0.378 e. The molecule has 0 aliphatic rings. The fourth-order valence-corrected chi connectivity index (χ4v) is 1.47. The summed E-state index contributed by atoms with van der Waals surface area (Å²) in [7, 11) is 0. The predicted octanol–water partition coefficient (Wildman–Crippen LogP) is 2.76. The van der Waals surface area contributed by atoms with Crippen LogP contribution in [0.2, 0.25) is 5.02 Å². The van der Waals surface area contributed by atoms with Crippen molar-refractivity contribution >= 4 is 23.4 Å². The fraction of sp³-hybridized carbons (Fsp3) is 0.333. The first-order chi connectivity index (χ1) is 8.40. The highest BCUT2D eigenvalue weighted by Crippen LogP contribution is 2.34. The molecule has 0 saturated heterocycles. The molecule has 1 aromatic heterocycles. The van der Waals surface area contributed by atoms with Crippen LogP contribution in [0.1, 0.15) is 29.3 Å².